The highest BCUT2D eigenvalue weighted by molar-refractivity contribution is 6.13. The van der Waals surface area contributed by atoms with Crippen molar-refractivity contribution in [1.82, 2.24) is 15.0 Å². The lowest BCUT2D eigenvalue weighted by atomic mass is 9.89. The van der Waals surface area contributed by atoms with Gasteiger partial charge in [0.1, 0.15) is 0 Å². The van der Waals surface area contributed by atoms with Gasteiger partial charge in [0.15, 0.2) is 17.5 Å². The highest BCUT2D eigenvalue weighted by atomic mass is 15.0. The van der Waals surface area contributed by atoms with Crippen molar-refractivity contribution in [2.24, 2.45) is 0 Å². The van der Waals surface area contributed by atoms with Crippen molar-refractivity contribution in [1.29, 1.82) is 0 Å². The Labute approximate surface area is 262 Å². The van der Waals surface area contributed by atoms with Gasteiger partial charge >= 0.3 is 0 Å². The Bertz CT molecular complexity index is 2200. The molecule has 8 rings (SSSR count). The van der Waals surface area contributed by atoms with Crippen LogP contribution in [0.3, 0.4) is 0 Å². The van der Waals surface area contributed by atoms with Crippen LogP contribution in [-0.4, -0.2) is 15.0 Å². The molecule has 212 valence electrons. The minimum atomic E-state index is 0.641. The molecule has 8 aromatic rings. The molecule has 0 unspecified atom stereocenters. The van der Waals surface area contributed by atoms with Crippen LogP contribution >= 0.6 is 0 Å². The molecular weight excluding hydrogens is 546 g/mol. The average Bonchev–Trinajstić information content (AvgIpc) is 3.11. The molecule has 1 aromatic heterocycles. The quantitative estimate of drug-likeness (QED) is 0.192. The number of nitrogens with zero attached hydrogens (tertiary/aromatic N) is 3. The Hall–Kier alpha value is -5.93. The summed E-state index contributed by atoms with van der Waals surface area (Å²) < 4.78 is 0. The Morgan fingerprint density at radius 1 is 0.333 bits per heavy atom. The van der Waals surface area contributed by atoms with Crippen molar-refractivity contribution in [3.63, 3.8) is 0 Å². The molecule has 7 aromatic carbocycles. The Morgan fingerprint density at radius 3 is 1.33 bits per heavy atom. The third kappa shape index (κ3) is 5.15. The molecule has 3 nitrogen and oxygen atoms in total. The van der Waals surface area contributed by atoms with Gasteiger partial charge in [-0.05, 0) is 75.0 Å². The molecule has 0 saturated heterocycles. The topological polar surface area (TPSA) is 38.7 Å². The second-order valence-electron chi connectivity index (χ2n) is 11.4. The van der Waals surface area contributed by atoms with Crippen LogP contribution in [-0.2, 0) is 0 Å². The molecule has 0 N–H and O–H groups in total. The Kier molecular flexibility index (Phi) is 6.69. The van der Waals surface area contributed by atoms with Crippen molar-refractivity contribution >= 4 is 21.5 Å². The molecule has 0 bridgehead atoms. The summed E-state index contributed by atoms with van der Waals surface area (Å²) in [7, 11) is 0. The number of aromatic nitrogens is 3. The van der Waals surface area contributed by atoms with Crippen LogP contribution < -0.4 is 0 Å². The lowest BCUT2D eigenvalue weighted by Gasteiger charge is -2.16. The summed E-state index contributed by atoms with van der Waals surface area (Å²) in [5, 5.41) is 4.86. The van der Waals surface area contributed by atoms with Gasteiger partial charge in [-0.15, -0.1) is 0 Å². The van der Waals surface area contributed by atoms with Crippen LogP contribution in [0.5, 0.6) is 0 Å². The molecule has 3 heteroatoms. The van der Waals surface area contributed by atoms with Gasteiger partial charge in [0.2, 0.25) is 0 Å². The second kappa shape index (κ2) is 11.3. The largest absolute Gasteiger partial charge is 0.208 e. The third-order valence-corrected chi connectivity index (χ3v) is 8.34. The van der Waals surface area contributed by atoms with Crippen molar-refractivity contribution in [3.8, 4) is 56.4 Å². The lowest BCUT2D eigenvalue weighted by Crippen LogP contribution is -2.00. The summed E-state index contributed by atoms with van der Waals surface area (Å²) >= 11 is 0. The van der Waals surface area contributed by atoms with Crippen molar-refractivity contribution in [3.05, 3.63) is 163 Å². The molecule has 45 heavy (non-hydrogen) atoms. The first-order valence-electron chi connectivity index (χ1n) is 15.2. The number of aryl methyl sites for hydroxylation is 1. The summed E-state index contributed by atoms with van der Waals surface area (Å²) in [6.45, 7) is 2.12. The van der Waals surface area contributed by atoms with Crippen LogP contribution in [0.25, 0.3) is 78.0 Å². The van der Waals surface area contributed by atoms with Gasteiger partial charge in [0.25, 0.3) is 0 Å². The molecule has 0 radical (unpaired) electrons. The van der Waals surface area contributed by atoms with Crippen LogP contribution in [0.1, 0.15) is 5.56 Å². The maximum Gasteiger partial charge on any atom is 0.164 e. The van der Waals surface area contributed by atoms with E-state index in [9.17, 15) is 0 Å². The van der Waals surface area contributed by atoms with Crippen molar-refractivity contribution < 1.29 is 0 Å². The molecule has 0 aliphatic heterocycles. The van der Waals surface area contributed by atoms with E-state index >= 15 is 0 Å². The van der Waals surface area contributed by atoms with Gasteiger partial charge in [0.05, 0.1) is 0 Å². The highest BCUT2D eigenvalue weighted by Crippen LogP contribution is 2.40. The second-order valence-corrected chi connectivity index (χ2v) is 11.4. The number of hydrogen-bond acceptors (Lipinski definition) is 3. The van der Waals surface area contributed by atoms with Crippen molar-refractivity contribution in [2.45, 2.75) is 6.92 Å². The minimum Gasteiger partial charge on any atom is -0.208 e. The van der Waals surface area contributed by atoms with E-state index in [1.165, 1.54) is 32.7 Å². The molecule has 0 amide bonds. The zero-order valence-electron chi connectivity index (χ0n) is 24.9. The molecule has 0 spiro atoms. The smallest absolute Gasteiger partial charge is 0.164 e. The Morgan fingerprint density at radius 2 is 0.778 bits per heavy atom. The molecule has 0 atom stereocenters. The fourth-order valence-electron chi connectivity index (χ4n) is 6.08. The van der Waals surface area contributed by atoms with E-state index in [0.29, 0.717) is 17.5 Å². The van der Waals surface area contributed by atoms with Gasteiger partial charge in [-0.1, -0.05) is 139 Å². The maximum atomic E-state index is 5.09. The zero-order valence-corrected chi connectivity index (χ0v) is 24.9. The van der Waals surface area contributed by atoms with Gasteiger partial charge in [-0.3, -0.25) is 0 Å². The molecule has 0 fully saturated rings. The maximum absolute atomic E-state index is 5.09. The number of fused-ring (bicyclic) bond motifs is 2. The molecule has 0 aliphatic carbocycles. The monoisotopic (exact) mass is 575 g/mol. The van der Waals surface area contributed by atoms with Crippen molar-refractivity contribution in [2.75, 3.05) is 0 Å². The van der Waals surface area contributed by atoms with Crippen LogP contribution in [0.15, 0.2) is 158 Å². The first-order valence-corrected chi connectivity index (χ1v) is 15.2. The molecule has 0 saturated carbocycles. The predicted octanol–water partition coefficient (Wildman–Crippen LogP) is 10.8. The van der Waals surface area contributed by atoms with Crippen LogP contribution in [0.2, 0.25) is 0 Å². The normalized spacial score (nSPS) is 11.2. The number of benzene rings is 7. The van der Waals surface area contributed by atoms with E-state index in [1.807, 2.05) is 60.7 Å². The molecular formula is C42H29N3. The summed E-state index contributed by atoms with van der Waals surface area (Å²) in [5.74, 6) is 1.94. The zero-order chi connectivity index (χ0) is 30.2. The van der Waals surface area contributed by atoms with E-state index in [4.69, 9.17) is 15.0 Å². The minimum absolute atomic E-state index is 0.641. The fraction of sp³-hybridized carbons (Fsp3) is 0.0238. The third-order valence-electron chi connectivity index (χ3n) is 8.34. The van der Waals surface area contributed by atoms with Gasteiger partial charge < -0.3 is 0 Å². The SMILES string of the molecule is Cc1ccc(-c2cc(-c3nc(-c4ccccc4)nc(-c4ccccc4)n3)cc(-c3c4ccccc4cc4ccccc34)c2)cc1. The molecule has 0 aliphatic rings. The summed E-state index contributed by atoms with van der Waals surface area (Å²) in [5.41, 5.74) is 8.67. The first-order chi connectivity index (χ1) is 22.2. The van der Waals surface area contributed by atoms with E-state index < -0.39 is 0 Å². The van der Waals surface area contributed by atoms with E-state index in [0.717, 1.165) is 33.4 Å². The lowest BCUT2D eigenvalue weighted by molar-refractivity contribution is 1.07. The number of hydrogen-bond donors (Lipinski definition) is 0. The van der Waals surface area contributed by atoms with Crippen LogP contribution in [0, 0.1) is 6.92 Å². The average molecular weight is 576 g/mol. The van der Waals surface area contributed by atoms with Gasteiger partial charge in [-0.25, -0.2) is 15.0 Å². The summed E-state index contributed by atoms with van der Waals surface area (Å²) in [6.07, 6.45) is 0. The summed E-state index contributed by atoms with van der Waals surface area (Å²) in [6, 6.07) is 55.3. The van der Waals surface area contributed by atoms with Crippen LogP contribution in [0.4, 0.5) is 0 Å². The van der Waals surface area contributed by atoms with E-state index in [-0.39, 0.29) is 0 Å². The van der Waals surface area contributed by atoms with E-state index in [1.54, 1.807) is 0 Å². The predicted molar refractivity (Wildman–Crippen MR) is 187 cm³/mol. The molecule has 1 heterocycles. The van der Waals surface area contributed by atoms with Gasteiger partial charge in [-0.2, -0.15) is 0 Å². The van der Waals surface area contributed by atoms with Gasteiger partial charge in [0, 0.05) is 16.7 Å². The summed E-state index contributed by atoms with van der Waals surface area (Å²) in [4.78, 5) is 15.1. The first kappa shape index (κ1) is 26.7. The fourth-order valence-corrected chi connectivity index (χ4v) is 6.08. The standard InChI is InChI=1S/C42H29N3/c1-28-20-22-29(23-21-28)34-25-35(39-37-18-10-8-16-32(37)24-33-17-9-11-19-38(33)39)27-36(26-34)42-44-40(30-12-4-2-5-13-30)43-41(45-42)31-14-6-3-7-15-31/h2-27H,1H3. The highest BCUT2D eigenvalue weighted by Gasteiger charge is 2.17. The number of rotatable bonds is 5. The Balaban J connectivity index is 1.43. The van der Waals surface area contributed by atoms with E-state index in [2.05, 4.69) is 104 Å².